The first kappa shape index (κ1) is 104. The van der Waals surface area contributed by atoms with Crippen molar-refractivity contribution >= 4 is 47.8 Å². The minimum Gasteiger partial charge on any atom is -0.481 e. The molecule has 2 unspecified atom stereocenters. The predicted octanol–water partition coefficient (Wildman–Crippen LogP) is 21.0. The van der Waals surface area contributed by atoms with Gasteiger partial charge in [-0.2, -0.15) is 0 Å². The highest BCUT2D eigenvalue weighted by Crippen LogP contribution is 2.18. The number of hydrogen-bond donors (Lipinski definition) is 8. The number of allylic oxidation sites excluding steroid dienone is 19. The average molecular weight is 1350 g/mol. The van der Waals surface area contributed by atoms with Crippen LogP contribution in [0, 0.1) is 47.3 Å². The van der Waals surface area contributed by atoms with Crippen molar-refractivity contribution in [3.05, 3.63) is 189 Å². The molecule has 96 heavy (non-hydrogen) atoms. The molecule has 8 N–H and O–H groups in total. The van der Waals surface area contributed by atoms with Gasteiger partial charge in [-0.3, -0.25) is 9.59 Å². The molecule has 0 aliphatic heterocycles. The van der Waals surface area contributed by atoms with Crippen LogP contribution >= 0.6 is 0 Å². The van der Waals surface area contributed by atoms with Crippen LogP contribution in [0.5, 0.6) is 0 Å². The third-order valence-electron chi connectivity index (χ3n) is 12.4. The van der Waals surface area contributed by atoms with Gasteiger partial charge >= 0.3 is 47.8 Å². The topological polar surface area (TPSA) is 298 Å². The molecule has 0 amide bonds. The van der Waals surface area contributed by atoms with Crippen LogP contribution in [0.15, 0.2) is 189 Å². The second-order valence-corrected chi connectivity index (χ2v) is 26.3. The molecule has 0 spiro atoms. The number of carboxylic acids is 8. The zero-order valence-electron chi connectivity index (χ0n) is 63.9. The minimum absolute atomic E-state index is 0.0677. The fourth-order valence-corrected chi connectivity index (χ4v) is 6.68. The van der Waals surface area contributed by atoms with Gasteiger partial charge in [-0.1, -0.05) is 232 Å². The van der Waals surface area contributed by atoms with Crippen LogP contribution in [0.1, 0.15) is 219 Å². The van der Waals surface area contributed by atoms with Gasteiger partial charge in [0.1, 0.15) is 0 Å². The summed E-state index contributed by atoms with van der Waals surface area (Å²) in [6.45, 7) is 69.4. The maximum Gasteiger partial charge on any atom is 0.331 e. The summed E-state index contributed by atoms with van der Waals surface area (Å²) in [6, 6.07) is 0. The van der Waals surface area contributed by atoms with Gasteiger partial charge in [0, 0.05) is 33.4 Å². The fourth-order valence-electron chi connectivity index (χ4n) is 6.68. The molecule has 0 saturated carbocycles. The first-order valence-corrected chi connectivity index (χ1v) is 32.1. The van der Waals surface area contributed by atoms with Crippen molar-refractivity contribution in [1.29, 1.82) is 0 Å². The molecule has 0 aliphatic rings. The Balaban J connectivity index is -0.000000154. The molecule has 16 nitrogen and oxygen atoms in total. The molecular weight excluding hydrogens is 1220 g/mol. The maximum absolute atomic E-state index is 10.7. The van der Waals surface area contributed by atoms with Crippen LogP contribution in [0.4, 0.5) is 0 Å². The Morgan fingerprint density at radius 3 is 0.740 bits per heavy atom. The lowest BCUT2D eigenvalue weighted by atomic mass is 9.95. The summed E-state index contributed by atoms with van der Waals surface area (Å²) in [4.78, 5) is 85.3. The molecule has 16 heteroatoms. The number of hydrogen-bond acceptors (Lipinski definition) is 8. The number of carbonyl (C=O) groups is 8. The third kappa shape index (κ3) is 67.0. The Kier molecular flexibility index (Phi) is 63.9. The lowest BCUT2D eigenvalue weighted by Crippen LogP contribution is -2.16. The molecule has 0 aromatic carbocycles. The van der Waals surface area contributed by atoms with Crippen LogP contribution in [-0.2, 0) is 38.4 Å². The molecule has 0 aliphatic carbocycles. The standard InChI is InChI=1S/8C10H16O2/c8*1-7(2)5-6-9(8(3)4)10(11)12/h5H,6H2,1-4H3,(H,11,12);2*5-6,8H,1-4H3,(H,11,12);1,5-6H2,2-4H3,(H,11,12);2*6,8H,1,5H2,2-4H3,(H,11,12);2*5-6,8-9H,1H2,2-4H3,(H,11,12)/b;9-6+;9-6-;;9-6+;9-6-;6-5+;6-5-. The third-order valence-corrected chi connectivity index (χ3v) is 12.4. The lowest BCUT2D eigenvalue weighted by Gasteiger charge is -2.10. The molecule has 0 bridgehead atoms. The van der Waals surface area contributed by atoms with E-state index in [-0.39, 0.29) is 35.5 Å². The molecule has 0 aromatic rings. The van der Waals surface area contributed by atoms with Crippen LogP contribution in [0.25, 0.3) is 0 Å². The normalized spacial score (nSPS) is 11.6. The smallest absolute Gasteiger partial charge is 0.331 e. The molecule has 0 aromatic heterocycles. The second kappa shape index (κ2) is 59.1. The van der Waals surface area contributed by atoms with Crippen molar-refractivity contribution in [2.75, 3.05) is 0 Å². The van der Waals surface area contributed by atoms with E-state index in [2.05, 4.69) is 32.9 Å². The van der Waals surface area contributed by atoms with E-state index >= 15 is 0 Å². The Morgan fingerprint density at radius 2 is 0.583 bits per heavy atom. The quantitative estimate of drug-likeness (QED) is 0.0196. The highest BCUT2D eigenvalue weighted by Gasteiger charge is 2.19. The molecular formula is C80H128O16. The van der Waals surface area contributed by atoms with Crippen LogP contribution in [0.3, 0.4) is 0 Å². The Labute approximate surface area is 579 Å². The monoisotopic (exact) mass is 1340 g/mol. The summed E-state index contributed by atoms with van der Waals surface area (Å²) in [5, 5.41) is 70.1. The molecule has 0 rings (SSSR count). The number of aliphatic carboxylic acids is 8. The van der Waals surface area contributed by atoms with Gasteiger partial charge in [0.05, 0.1) is 11.8 Å². The van der Waals surface area contributed by atoms with Gasteiger partial charge in [-0.25, -0.2) is 28.8 Å². The summed E-state index contributed by atoms with van der Waals surface area (Å²) < 4.78 is 0. The van der Waals surface area contributed by atoms with Gasteiger partial charge in [0.15, 0.2) is 0 Å². The Bertz CT molecular complexity index is 2740. The highest BCUT2D eigenvalue weighted by molar-refractivity contribution is 5.89. The SMILES string of the molecule is C=C(C)/C=C/C(C(=O)O)C(C)C.C=C(C)/C=C\C(C(=O)O)C(C)C.C=C(C)C/C=C(/C(=O)O)C(C)C.C=C(C)C/C=C(\C(=O)O)C(C)C.C=C(C)CCC(C(=O)O)=C(C)C.CC(C)=C/C=C(/C(=O)O)C(C)C.CC(C)=C/C=C(\C(=O)O)C(C)C.CC(C)=CCC(C(=O)O)=C(C)C. The van der Waals surface area contributed by atoms with Crippen LogP contribution in [0.2, 0.25) is 0 Å². The van der Waals surface area contributed by atoms with Gasteiger partial charge < -0.3 is 40.9 Å². The van der Waals surface area contributed by atoms with Crippen LogP contribution in [-0.4, -0.2) is 88.6 Å². The van der Waals surface area contributed by atoms with E-state index in [1.165, 1.54) is 0 Å². The van der Waals surface area contributed by atoms with E-state index in [1.54, 1.807) is 48.6 Å². The van der Waals surface area contributed by atoms with Gasteiger partial charge in [0.2, 0.25) is 0 Å². The Morgan fingerprint density at radius 1 is 0.312 bits per heavy atom. The zero-order valence-corrected chi connectivity index (χ0v) is 63.9. The molecule has 0 fully saturated rings. The predicted molar refractivity (Wildman–Crippen MR) is 400 cm³/mol. The minimum atomic E-state index is -0.831. The van der Waals surface area contributed by atoms with Crippen molar-refractivity contribution in [3.63, 3.8) is 0 Å². The van der Waals surface area contributed by atoms with Crippen molar-refractivity contribution in [2.45, 2.75) is 219 Å². The summed E-state index contributed by atoms with van der Waals surface area (Å²) >= 11 is 0. The van der Waals surface area contributed by atoms with Crippen LogP contribution < -0.4 is 0 Å². The number of carboxylic acid groups (broad SMARTS) is 8. The molecule has 0 radical (unpaired) electrons. The fraction of sp³-hybridized carbons (Fsp3) is 0.500. The number of rotatable bonds is 29. The summed E-state index contributed by atoms with van der Waals surface area (Å²) in [5.74, 6) is -6.77. The van der Waals surface area contributed by atoms with Crippen molar-refractivity contribution in [2.24, 2.45) is 47.3 Å². The van der Waals surface area contributed by atoms with Crippen molar-refractivity contribution < 1.29 is 79.2 Å². The summed E-state index contributed by atoms with van der Waals surface area (Å²) in [5.41, 5.74) is 12.7. The van der Waals surface area contributed by atoms with Gasteiger partial charge in [-0.15, -0.1) is 6.58 Å². The first-order chi connectivity index (χ1) is 43.6. The molecule has 0 heterocycles. The first-order valence-electron chi connectivity index (χ1n) is 32.1. The van der Waals surface area contributed by atoms with E-state index in [4.69, 9.17) is 40.9 Å². The zero-order chi connectivity index (χ0) is 77.8. The van der Waals surface area contributed by atoms with Gasteiger partial charge in [0.25, 0.3) is 0 Å². The van der Waals surface area contributed by atoms with Gasteiger partial charge in [-0.05, 0) is 171 Å². The van der Waals surface area contributed by atoms with E-state index in [0.717, 1.165) is 62.2 Å². The maximum atomic E-state index is 10.7. The van der Waals surface area contributed by atoms with E-state index in [1.807, 2.05) is 205 Å². The summed E-state index contributed by atoms with van der Waals surface area (Å²) in [7, 11) is 0. The van der Waals surface area contributed by atoms with Crippen molar-refractivity contribution in [3.8, 4) is 0 Å². The summed E-state index contributed by atoms with van der Waals surface area (Å²) in [6.07, 6.45) is 22.4. The van der Waals surface area contributed by atoms with E-state index < -0.39 is 59.6 Å². The largest absolute Gasteiger partial charge is 0.481 e. The Hall–Kier alpha value is -8.40. The molecule has 544 valence electrons. The van der Waals surface area contributed by atoms with Crippen molar-refractivity contribution in [1.82, 2.24) is 0 Å². The molecule has 2 atom stereocenters. The van der Waals surface area contributed by atoms with E-state index in [0.29, 0.717) is 59.1 Å². The molecule has 0 saturated heterocycles. The second-order valence-electron chi connectivity index (χ2n) is 26.3. The van der Waals surface area contributed by atoms with E-state index in [9.17, 15) is 38.4 Å². The average Bonchev–Trinajstić information content (AvgIpc) is 3.38. The lowest BCUT2D eigenvalue weighted by molar-refractivity contribution is -0.142. The highest BCUT2D eigenvalue weighted by atomic mass is 16.4.